The summed E-state index contributed by atoms with van der Waals surface area (Å²) in [6, 6.07) is 0. The van der Waals surface area contributed by atoms with Gasteiger partial charge in [0.1, 0.15) is 30.1 Å². The van der Waals surface area contributed by atoms with Crippen molar-refractivity contribution in [3.8, 4) is 0 Å². The molecule has 37 heavy (non-hydrogen) atoms. The summed E-state index contributed by atoms with van der Waals surface area (Å²) in [7, 11) is 0. The van der Waals surface area contributed by atoms with Gasteiger partial charge in [-0.2, -0.15) is 0 Å². The van der Waals surface area contributed by atoms with E-state index in [-0.39, 0.29) is 54.6 Å². The van der Waals surface area contributed by atoms with Gasteiger partial charge in [0.05, 0.1) is 17.3 Å². The third kappa shape index (κ3) is 7.09. The van der Waals surface area contributed by atoms with E-state index < -0.39 is 29.4 Å². The van der Waals surface area contributed by atoms with Crippen LogP contribution in [0.15, 0.2) is 42.7 Å². The summed E-state index contributed by atoms with van der Waals surface area (Å²) in [5, 5.41) is 2.78. The highest BCUT2D eigenvalue weighted by atomic mass is 16.6. The number of rotatable bonds is 10. The minimum Gasteiger partial charge on any atom is -0.461 e. The van der Waals surface area contributed by atoms with Crippen molar-refractivity contribution in [1.29, 1.82) is 0 Å². The van der Waals surface area contributed by atoms with Crippen LogP contribution in [0.5, 0.6) is 0 Å². The number of ether oxygens (including phenoxy) is 3. The number of carbonyl (C=O) groups excluding carboxylic acids is 4. The lowest BCUT2D eigenvalue weighted by Gasteiger charge is -2.19. The van der Waals surface area contributed by atoms with Crippen molar-refractivity contribution in [2.24, 2.45) is 5.92 Å². The molecule has 0 saturated carbocycles. The van der Waals surface area contributed by atoms with Crippen molar-refractivity contribution < 1.29 is 33.4 Å². The van der Waals surface area contributed by atoms with E-state index in [1.165, 1.54) is 12.2 Å². The number of amides is 1. The molecular formula is C28H36N2O7. The van der Waals surface area contributed by atoms with Crippen LogP contribution in [-0.2, 0) is 35.0 Å². The first-order valence-electron chi connectivity index (χ1n) is 12.1. The average molecular weight is 513 g/mol. The van der Waals surface area contributed by atoms with Crippen molar-refractivity contribution in [1.82, 2.24) is 10.3 Å². The second-order valence-electron chi connectivity index (χ2n) is 9.54. The predicted molar refractivity (Wildman–Crippen MR) is 139 cm³/mol. The predicted octanol–water partition coefficient (Wildman–Crippen LogP) is 4.09. The number of aromatic amines is 1. The number of hydrogen-bond acceptors (Lipinski definition) is 7. The van der Waals surface area contributed by atoms with Gasteiger partial charge in [-0.3, -0.25) is 9.59 Å². The summed E-state index contributed by atoms with van der Waals surface area (Å²) >= 11 is 0. The van der Waals surface area contributed by atoms with Gasteiger partial charge in [-0.15, -0.1) is 0 Å². The molecule has 1 aromatic rings. The van der Waals surface area contributed by atoms with Gasteiger partial charge in [-0.1, -0.05) is 31.4 Å². The molecule has 0 aliphatic carbocycles. The molecule has 0 spiro atoms. The first-order chi connectivity index (χ1) is 17.4. The molecule has 2 heterocycles. The lowest BCUT2D eigenvalue weighted by atomic mass is 9.94. The van der Waals surface area contributed by atoms with Crippen LogP contribution in [0.1, 0.15) is 68.3 Å². The zero-order chi connectivity index (χ0) is 27.9. The highest BCUT2D eigenvalue weighted by Crippen LogP contribution is 2.36. The fraction of sp³-hybridized carbons (Fsp3) is 0.429. The van der Waals surface area contributed by atoms with Crippen molar-refractivity contribution in [2.75, 3.05) is 13.2 Å². The summed E-state index contributed by atoms with van der Waals surface area (Å²) in [5.74, 6) is -2.59. The molecule has 2 rings (SSSR count). The highest BCUT2D eigenvalue weighted by molar-refractivity contribution is 6.20. The van der Waals surface area contributed by atoms with Gasteiger partial charge in [-0.05, 0) is 64.7 Å². The molecule has 0 bridgehead atoms. The van der Waals surface area contributed by atoms with Gasteiger partial charge in [0.25, 0.3) is 0 Å². The Balaban J connectivity index is 2.76. The summed E-state index contributed by atoms with van der Waals surface area (Å²) in [4.78, 5) is 54.3. The van der Waals surface area contributed by atoms with Gasteiger partial charge in [0, 0.05) is 6.42 Å². The molecule has 1 atom stereocenters. The molecule has 1 unspecified atom stereocenters. The molecule has 9 nitrogen and oxygen atoms in total. The van der Waals surface area contributed by atoms with Crippen LogP contribution in [-0.4, -0.2) is 47.6 Å². The number of carbonyl (C=O) groups is 4. The molecule has 1 aliphatic heterocycles. The number of hydrogen-bond donors (Lipinski definition) is 2. The lowest BCUT2D eigenvalue weighted by Crippen LogP contribution is -2.24. The van der Waals surface area contributed by atoms with Crippen LogP contribution < -0.4 is 5.32 Å². The quantitative estimate of drug-likeness (QED) is 0.209. The monoisotopic (exact) mass is 512 g/mol. The summed E-state index contributed by atoms with van der Waals surface area (Å²) in [6.45, 7) is 17.5. The number of aromatic nitrogens is 1. The minimum atomic E-state index is -0.763. The van der Waals surface area contributed by atoms with Gasteiger partial charge in [-0.25, -0.2) is 9.59 Å². The normalized spacial score (nSPS) is 17.7. The molecule has 1 saturated heterocycles. The van der Waals surface area contributed by atoms with Crippen molar-refractivity contribution in [3.05, 3.63) is 65.2 Å². The number of nitrogens with one attached hydrogen (secondary N) is 2. The Labute approximate surface area is 217 Å². The zero-order valence-electron chi connectivity index (χ0n) is 22.4. The van der Waals surface area contributed by atoms with Gasteiger partial charge in [0.2, 0.25) is 5.91 Å². The van der Waals surface area contributed by atoms with Crippen LogP contribution in [0.3, 0.4) is 0 Å². The van der Waals surface area contributed by atoms with E-state index >= 15 is 0 Å². The van der Waals surface area contributed by atoms with E-state index in [0.717, 1.165) is 0 Å². The van der Waals surface area contributed by atoms with E-state index in [4.69, 9.17) is 14.2 Å². The summed E-state index contributed by atoms with van der Waals surface area (Å²) < 4.78 is 16.0. The standard InChI is InChI=1S/C28H36N2O7/c1-9-14-35-20(31)13-12-19-16(4)22(27(34)37-28(6,7)8)29-24(19)21(26(33)36-15-10-2)23-18(11-3)17(5)25(32)30-23/h9-11,17,29H,1-2,12-15H2,3-8H3,(H,30,32)/b18-11+,23-21+. The maximum atomic E-state index is 13.4. The molecule has 9 heteroatoms. The Morgan fingerprint density at radius 2 is 1.68 bits per heavy atom. The molecule has 1 aromatic heterocycles. The lowest BCUT2D eigenvalue weighted by molar-refractivity contribution is -0.142. The van der Waals surface area contributed by atoms with Gasteiger partial charge in [0.15, 0.2) is 0 Å². The average Bonchev–Trinajstić information content (AvgIpc) is 3.29. The Kier molecular flexibility index (Phi) is 9.82. The zero-order valence-corrected chi connectivity index (χ0v) is 22.4. The Morgan fingerprint density at radius 3 is 2.24 bits per heavy atom. The molecule has 1 fully saturated rings. The summed E-state index contributed by atoms with van der Waals surface area (Å²) in [6.07, 6.45) is 4.77. The van der Waals surface area contributed by atoms with Crippen LogP contribution in [0.2, 0.25) is 0 Å². The summed E-state index contributed by atoms with van der Waals surface area (Å²) in [5.41, 5.74) is 1.59. The van der Waals surface area contributed by atoms with E-state index in [0.29, 0.717) is 16.7 Å². The first kappa shape index (κ1) is 29.4. The van der Waals surface area contributed by atoms with Crippen molar-refractivity contribution in [3.63, 3.8) is 0 Å². The van der Waals surface area contributed by atoms with Crippen LogP contribution in [0, 0.1) is 12.8 Å². The Morgan fingerprint density at radius 1 is 1.05 bits per heavy atom. The molecule has 1 aliphatic rings. The number of esters is 3. The Hall–Kier alpha value is -3.88. The maximum absolute atomic E-state index is 13.4. The SMILES string of the molecule is C=CCOC(=O)CCc1c(/C(C(=O)OCC=C)=C2\NC(=O)C(C)\C2=C/C)[nH]c(C(=O)OC(C)(C)C)c1C. The van der Waals surface area contributed by atoms with E-state index in [1.807, 2.05) is 0 Å². The van der Waals surface area contributed by atoms with Crippen LogP contribution >= 0.6 is 0 Å². The topological polar surface area (TPSA) is 124 Å². The minimum absolute atomic E-state index is 0.0170. The molecule has 0 aromatic carbocycles. The molecular weight excluding hydrogens is 476 g/mol. The molecule has 2 N–H and O–H groups in total. The largest absolute Gasteiger partial charge is 0.461 e. The van der Waals surface area contributed by atoms with Crippen LogP contribution in [0.4, 0.5) is 0 Å². The van der Waals surface area contributed by atoms with Gasteiger partial charge < -0.3 is 24.5 Å². The number of allylic oxidation sites excluding steroid dienone is 2. The van der Waals surface area contributed by atoms with Crippen molar-refractivity contribution >= 4 is 29.4 Å². The third-order valence-electron chi connectivity index (χ3n) is 5.67. The maximum Gasteiger partial charge on any atom is 0.355 e. The first-order valence-corrected chi connectivity index (χ1v) is 12.1. The fourth-order valence-electron chi connectivity index (χ4n) is 3.94. The second-order valence-corrected chi connectivity index (χ2v) is 9.54. The van der Waals surface area contributed by atoms with E-state index in [9.17, 15) is 19.2 Å². The van der Waals surface area contributed by atoms with E-state index in [2.05, 4.69) is 23.5 Å². The van der Waals surface area contributed by atoms with Gasteiger partial charge >= 0.3 is 17.9 Å². The molecule has 0 radical (unpaired) electrons. The molecule has 1 amide bonds. The van der Waals surface area contributed by atoms with E-state index in [1.54, 1.807) is 47.6 Å². The molecule has 200 valence electrons. The van der Waals surface area contributed by atoms with Crippen LogP contribution in [0.25, 0.3) is 5.57 Å². The fourth-order valence-corrected chi connectivity index (χ4v) is 3.94. The second kappa shape index (κ2) is 12.4. The smallest absolute Gasteiger partial charge is 0.355 e. The Bertz CT molecular complexity index is 1160. The van der Waals surface area contributed by atoms with Crippen molar-refractivity contribution in [2.45, 2.75) is 60.0 Å². The highest BCUT2D eigenvalue weighted by Gasteiger charge is 2.36. The number of H-pyrrole nitrogens is 1. The third-order valence-corrected chi connectivity index (χ3v) is 5.67.